The Labute approximate surface area is 204 Å². The molecule has 4 rings (SSSR count). The lowest BCUT2D eigenvalue weighted by atomic mass is 9.97. The molecule has 2 heterocycles. The molecule has 1 saturated heterocycles. The van der Waals surface area contributed by atoms with Crippen LogP contribution < -0.4 is 14.4 Å². The molecule has 0 aliphatic carbocycles. The van der Waals surface area contributed by atoms with E-state index in [9.17, 15) is 27.9 Å². The Balaban J connectivity index is 1.82. The van der Waals surface area contributed by atoms with Crippen LogP contribution in [-0.4, -0.2) is 34.8 Å². The number of aliphatic hydroxyl groups is 1. The van der Waals surface area contributed by atoms with Crippen LogP contribution in [0.5, 0.6) is 11.5 Å². The second-order valence-electron chi connectivity index (χ2n) is 7.88. The largest absolute Gasteiger partial charge is 0.573 e. The quantitative estimate of drug-likeness (QED) is 0.281. The summed E-state index contributed by atoms with van der Waals surface area (Å²) < 4.78 is 47.1. The molecule has 3 aromatic rings. The SMILES string of the molecule is CCOc1ccc(/C(O)=C2/C(=O)C(=O)N(c3ccc(OC(F)(F)F)cc3)C2c2ccccn2)cc1C. The fourth-order valence-electron chi connectivity index (χ4n) is 3.99. The Bertz CT molecular complexity index is 1320. The van der Waals surface area contributed by atoms with Gasteiger partial charge in [-0.3, -0.25) is 19.5 Å². The number of carbonyl (C=O) groups is 2. The van der Waals surface area contributed by atoms with E-state index in [1.165, 1.54) is 18.3 Å². The molecular formula is C26H21F3N2O5. The number of aliphatic hydroxyl groups excluding tert-OH is 1. The number of aromatic nitrogens is 1. The van der Waals surface area contributed by atoms with Gasteiger partial charge in [-0.15, -0.1) is 13.2 Å². The van der Waals surface area contributed by atoms with Gasteiger partial charge in [-0.05, 0) is 74.0 Å². The average Bonchev–Trinajstić information content (AvgIpc) is 3.10. The van der Waals surface area contributed by atoms with Crippen molar-refractivity contribution in [3.8, 4) is 11.5 Å². The molecule has 10 heteroatoms. The highest BCUT2D eigenvalue weighted by atomic mass is 19.4. The zero-order valence-corrected chi connectivity index (χ0v) is 19.2. The molecule has 36 heavy (non-hydrogen) atoms. The van der Waals surface area contributed by atoms with Gasteiger partial charge in [0.1, 0.15) is 23.3 Å². The Morgan fingerprint density at radius 3 is 2.39 bits per heavy atom. The molecule has 1 N–H and O–H groups in total. The fraction of sp³-hybridized carbons (Fsp3) is 0.192. The summed E-state index contributed by atoms with van der Waals surface area (Å²) in [6, 6.07) is 13.1. The number of nitrogens with zero attached hydrogens (tertiary/aromatic N) is 2. The lowest BCUT2D eigenvalue weighted by Gasteiger charge is -2.25. The van der Waals surface area contributed by atoms with Crippen molar-refractivity contribution >= 4 is 23.1 Å². The van der Waals surface area contributed by atoms with Gasteiger partial charge in [-0.1, -0.05) is 6.07 Å². The molecule has 1 unspecified atom stereocenters. The van der Waals surface area contributed by atoms with Crippen LogP contribution in [0.2, 0.25) is 0 Å². The molecule has 0 radical (unpaired) electrons. The van der Waals surface area contributed by atoms with Gasteiger partial charge in [0.25, 0.3) is 11.7 Å². The number of aryl methyl sites for hydroxylation is 1. The molecule has 1 atom stereocenters. The number of ketones is 1. The van der Waals surface area contributed by atoms with E-state index >= 15 is 0 Å². The van der Waals surface area contributed by atoms with Crippen molar-refractivity contribution in [2.45, 2.75) is 26.3 Å². The number of carbonyl (C=O) groups excluding carboxylic acids is 2. The zero-order chi connectivity index (χ0) is 26.0. The predicted molar refractivity (Wildman–Crippen MR) is 124 cm³/mol. The summed E-state index contributed by atoms with van der Waals surface area (Å²) in [7, 11) is 0. The van der Waals surface area contributed by atoms with Crippen LogP contribution >= 0.6 is 0 Å². The zero-order valence-electron chi connectivity index (χ0n) is 19.2. The topological polar surface area (TPSA) is 89.0 Å². The summed E-state index contributed by atoms with van der Waals surface area (Å²) in [5.74, 6) is -2.20. The first-order valence-corrected chi connectivity index (χ1v) is 10.9. The Morgan fingerprint density at radius 2 is 1.81 bits per heavy atom. The van der Waals surface area contributed by atoms with E-state index in [0.717, 1.165) is 17.0 Å². The summed E-state index contributed by atoms with van der Waals surface area (Å²) in [5, 5.41) is 11.2. The van der Waals surface area contributed by atoms with E-state index in [2.05, 4.69) is 9.72 Å². The highest BCUT2D eigenvalue weighted by molar-refractivity contribution is 6.51. The first kappa shape index (κ1) is 24.8. The lowest BCUT2D eigenvalue weighted by Crippen LogP contribution is -2.29. The molecule has 1 aliphatic rings. The van der Waals surface area contributed by atoms with Gasteiger partial charge in [-0.2, -0.15) is 0 Å². The number of halogens is 3. The molecular weight excluding hydrogens is 477 g/mol. The van der Waals surface area contributed by atoms with Gasteiger partial charge in [0.2, 0.25) is 0 Å². The fourth-order valence-corrected chi connectivity index (χ4v) is 3.99. The molecule has 0 saturated carbocycles. The highest BCUT2D eigenvalue weighted by Gasteiger charge is 2.47. The molecule has 2 aromatic carbocycles. The number of amides is 1. The van der Waals surface area contributed by atoms with Crippen LogP contribution in [0, 0.1) is 6.92 Å². The van der Waals surface area contributed by atoms with E-state index < -0.39 is 35.6 Å². The van der Waals surface area contributed by atoms with Crippen molar-refractivity contribution in [3.05, 3.63) is 89.3 Å². The van der Waals surface area contributed by atoms with E-state index in [4.69, 9.17) is 4.74 Å². The summed E-state index contributed by atoms with van der Waals surface area (Å²) in [6.45, 7) is 4.06. The number of benzene rings is 2. The van der Waals surface area contributed by atoms with Crippen LogP contribution in [-0.2, 0) is 9.59 Å². The number of alkyl halides is 3. The standard InChI is InChI=1S/C26H21F3N2O5/c1-3-35-20-12-7-16(14-15(20)2)23(32)21-22(19-6-4-5-13-30-19)31(25(34)24(21)33)17-8-10-18(11-9-17)36-26(27,28)29/h4-14,22,32H,3H2,1-2H3/b23-21-. The normalized spacial score (nSPS) is 17.4. The van der Waals surface area contributed by atoms with Gasteiger partial charge < -0.3 is 14.6 Å². The first-order chi connectivity index (χ1) is 17.1. The van der Waals surface area contributed by atoms with E-state index in [0.29, 0.717) is 23.5 Å². The summed E-state index contributed by atoms with van der Waals surface area (Å²) in [5.41, 5.74) is 1.23. The number of pyridine rings is 1. The smallest absolute Gasteiger partial charge is 0.507 e. The monoisotopic (exact) mass is 498 g/mol. The van der Waals surface area contributed by atoms with Crippen LogP contribution in [0.4, 0.5) is 18.9 Å². The van der Waals surface area contributed by atoms with Gasteiger partial charge in [0.15, 0.2) is 0 Å². The molecule has 1 aromatic heterocycles. The predicted octanol–water partition coefficient (Wildman–Crippen LogP) is 5.31. The third-order valence-electron chi connectivity index (χ3n) is 5.51. The molecule has 186 valence electrons. The molecule has 1 amide bonds. The van der Waals surface area contributed by atoms with E-state index in [1.54, 1.807) is 43.3 Å². The van der Waals surface area contributed by atoms with E-state index in [1.807, 2.05) is 6.92 Å². The van der Waals surface area contributed by atoms with Crippen LogP contribution in [0.3, 0.4) is 0 Å². The van der Waals surface area contributed by atoms with Crippen LogP contribution in [0.15, 0.2) is 72.4 Å². The van der Waals surface area contributed by atoms with Crippen molar-refractivity contribution < 1.29 is 37.3 Å². The summed E-state index contributed by atoms with van der Waals surface area (Å²) in [6.07, 6.45) is -3.41. The van der Waals surface area contributed by atoms with Crippen molar-refractivity contribution in [1.29, 1.82) is 0 Å². The minimum atomic E-state index is -4.88. The third kappa shape index (κ3) is 4.88. The first-order valence-electron chi connectivity index (χ1n) is 10.9. The number of hydrogen-bond acceptors (Lipinski definition) is 6. The maximum Gasteiger partial charge on any atom is 0.573 e. The summed E-state index contributed by atoms with van der Waals surface area (Å²) in [4.78, 5) is 31.7. The number of anilines is 1. The third-order valence-corrected chi connectivity index (χ3v) is 5.51. The molecule has 7 nitrogen and oxygen atoms in total. The van der Waals surface area contributed by atoms with Gasteiger partial charge in [-0.25, -0.2) is 0 Å². The Kier molecular flexibility index (Phi) is 6.69. The molecule has 0 spiro atoms. The van der Waals surface area contributed by atoms with Gasteiger partial charge >= 0.3 is 6.36 Å². The Morgan fingerprint density at radius 1 is 1.08 bits per heavy atom. The van der Waals surface area contributed by atoms with E-state index in [-0.39, 0.29) is 17.0 Å². The second kappa shape index (κ2) is 9.73. The molecule has 0 bridgehead atoms. The molecule has 1 aliphatic heterocycles. The Hall–Kier alpha value is -4.34. The van der Waals surface area contributed by atoms with Crippen molar-refractivity contribution in [1.82, 2.24) is 4.98 Å². The average molecular weight is 498 g/mol. The highest BCUT2D eigenvalue weighted by Crippen LogP contribution is 2.42. The van der Waals surface area contributed by atoms with Crippen molar-refractivity contribution in [2.24, 2.45) is 0 Å². The van der Waals surface area contributed by atoms with Crippen molar-refractivity contribution in [2.75, 3.05) is 11.5 Å². The number of hydrogen-bond donors (Lipinski definition) is 1. The number of ether oxygens (including phenoxy) is 2. The molecule has 1 fully saturated rings. The van der Waals surface area contributed by atoms with Gasteiger partial charge in [0.05, 0.1) is 17.9 Å². The van der Waals surface area contributed by atoms with Crippen LogP contribution in [0.25, 0.3) is 5.76 Å². The maximum absolute atomic E-state index is 13.2. The minimum Gasteiger partial charge on any atom is -0.507 e. The number of Topliss-reactive ketones (excluding diaryl/α,β-unsaturated/α-hetero) is 1. The van der Waals surface area contributed by atoms with Crippen LogP contribution in [0.1, 0.15) is 29.8 Å². The number of rotatable bonds is 6. The maximum atomic E-state index is 13.2. The van der Waals surface area contributed by atoms with Crippen molar-refractivity contribution in [3.63, 3.8) is 0 Å². The summed E-state index contributed by atoms with van der Waals surface area (Å²) >= 11 is 0. The minimum absolute atomic E-state index is 0.129. The van der Waals surface area contributed by atoms with Gasteiger partial charge in [0, 0.05) is 17.4 Å². The second-order valence-corrected chi connectivity index (χ2v) is 7.88. The lowest BCUT2D eigenvalue weighted by molar-refractivity contribution is -0.274.